The van der Waals surface area contributed by atoms with E-state index in [0.717, 1.165) is 12.8 Å². The van der Waals surface area contributed by atoms with E-state index in [1.165, 1.54) is 11.1 Å². The molecule has 0 radical (unpaired) electrons. The van der Waals surface area contributed by atoms with Gasteiger partial charge < -0.3 is 24.8 Å². The molecule has 4 heteroatoms. The summed E-state index contributed by atoms with van der Waals surface area (Å²) in [5.74, 6) is 0. The van der Waals surface area contributed by atoms with Crippen molar-refractivity contribution in [3.05, 3.63) is 47.6 Å². The molecule has 1 aliphatic heterocycles. The van der Waals surface area contributed by atoms with Gasteiger partial charge in [0.05, 0.1) is 0 Å². The maximum Gasteiger partial charge on any atom is 4.00 e. The summed E-state index contributed by atoms with van der Waals surface area (Å²) in [5, 5.41) is 0. The van der Waals surface area contributed by atoms with Gasteiger partial charge in [0.25, 0.3) is 0 Å². The van der Waals surface area contributed by atoms with Crippen molar-refractivity contribution < 1.29 is 51.0 Å². The molecule has 0 aromatic heterocycles. The van der Waals surface area contributed by atoms with Crippen LogP contribution in [0.3, 0.4) is 0 Å². The zero-order chi connectivity index (χ0) is 12.3. The van der Waals surface area contributed by atoms with Gasteiger partial charge >= 0.3 is 26.2 Å². The Kier molecular flexibility index (Phi) is 22.6. The van der Waals surface area contributed by atoms with Crippen LogP contribution in [0.5, 0.6) is 0 Å². The second kappa shape index (κ2) is 17.7. The Hall–Kier alpha value is 0.640. The molecule has 3 rings (SSSR count). The van der Waals surface area contributed by atoms with E-state index < -0.39 is 0 Å². The van der Waals surface area contributed by atoms with Crippen LogP contribution in [0.1, 0.15) is 39.5 Å². The zero-order valence-corrected chi connectivity index (χ0v) is 17.9. The van der Waals surface area contributed by atoms with Gasteiger partial charge in [-0.3, -0.25) is 12.2 Å². The van der Waals surface area contributed by atoms with Crippen molar-refractivity contribution in [2.75, 3.05) is 0 Å². The first kappa shape index (κ1) is 25.6. The van der Waals surface area contributed by atoms with Gasteiger partial charge in [0.1, 0.15) is 0 Å². The molecule has 110 valence electrons. The van der Waals surface area contributed by atoms with Gasteiger partial charge in [-0.05, 0) is 0 Å². The fourth-order valence-corrected chi connectivity index (χ4v) is 3.65. The zero-order valence-electron chi connectivity index (χ0n) is 12.5. The number of hydrogen-bond donors (Lipinski definition) is 0. The molecule has 0 saturated carbocycles. The molecule has 0 aromatic rings. The van der Waals surface area contributed by atoms with Crippen LogP contribution in [0.25, 0.3) is 0 Å². The third kappa shape index (κ3) is 15.0. The van der Waals surface area contributed by atoms with Crippen LogP contribution in [-0.4, -0.2) is 9.52 Å². The molecule has 1 saturated heterocycles. The third-order valence-electron chi connectivity index (χ3n) is 2.99. The summed E-state index contributed by atoms with van der Waals surface area (Å²) in [5.41, 5.74) is 2.69. The summed E-state index contributed by atoms with van der Waals surface area (Å²) < 4.78 is 0. The summed E-state index contributed by atoms with van der Waals surface area (Å²) >= 11 is 0. The number of rotatable bonds is 0. The van der Waals surface area contributed by atoms with Gasteiger partial charge in [0, 0.05) is 9.52 Å². The molecule has 0 unspecified atom stereocenters. The average Bonchev–Trinajstić information content (AvgIpc) is 2.99. The van der Waals surface area contributed by atoms with Crippen LogP contribution in [0, 0.1) is 12.2 Å². The van der Waals surface area contributed by atoms with E-state index in [1.807, 2.05) is 12.2 Å². The monoisotopic (exact) mass is 404 g/mol. The van der Waals surface area contributed by atoms with Crippen LogP contribution in [0.4, 0.5) is 0 Å². The van der Waals surface area contributed by atoms with E-state index in [4.69, 9.17) is 0 Å². The van der Waals surface area contributed by atoms with E-state index in [2.05, 4.69) is 38.2 Å². The van der Waals surface area contributed by atoms with Crippen molar-refractivity contribution in [2.45, 2.75) is 51.6 Å². The van der Waals surface area contributed by atoms with Gasteiger partial charge in [-0.1, -0.05) is 24.9 Å². The predicted molar refractivity (Wildman–Crippen MR) is 79.8 cm³/mol. The minimum atomic E-state index is 0. The fourth-order valence-electron chi connectivity index (χ4n) is 1.88. The quantitative estimate of drug-likeness (QED) is 0.328. The average molecular weight is 407 g/mol. The topological polar surface area (TPSA) is 0 Å². The first-order chi connectivity index (χ1) is 8.29. The number of allylic oxidation sites excluding steroid dienone is 8. The Bertz CT molecular complexity index is 288. The van der Waals surface area contributed by atoms with Crippen LogP contribution < -0.4 is 24.8 Å². The Labute approximate surface area is 159 Å². The van der Waals surface area contributed by atoms with Crippen molar-refractivity contribution in [1.29, 1.82) is 0 Å². The smallest absolute Gasteiger partial charge is 1.00 e. The second-order valence-corrected chi connectivity index (χ2v) is 6.89. The number of hydrogen-bond acceptors (Lipinski definition) is 0. The Morgan fingerprint density at radius 3 is 1.35 bits per heavy atom. The standard InChI is InChI=1S/2C6H7.C4H10Si.2ClH.Zr/c2*1-6-4-2-3-5-6;1-2-4-5-3-1;;;/h2*4-5H,2H2,1H3;1-5H2;2*1H;/q2*-1;;;;+4/p-2. The Morgan fingerprint density at radius 2 is 1.25 bits per heavy atom. The van der Waals surface area contributed by atoms with Gasteiger partial charge in [0.2, 0.25) is 0 Å². The maximum atomic E-state index is 3.05. The van der Waals surface area contributed by atoms with Crippen LogP contribution >= 0.6 is 0 Å². The van der Waals surface area contributed by atoms with Crippen LogP contribution in [0.15, 0.2) is 35.5 Å². The largest absolute Gasteiger partial charge is 4.00 e. The summed E-state index contributed by atoms with van der Waals surface area (Å²) in [4.78, 5) is 0. The maximum absolute atomic E-state index is 3.05. The molecule has 0 amide bonds. The molecular weight excluding hydrogens is 382 g/mol. The minimum absolute atomic E-state index is 0. The molecule has 0 atom stereocenters. The van der Waals surface area contributed by atoms with Gasteiger partial charge in [-0.25, -0.2) is 23.3 Å². The third-order valence-corrected chi connectivity index (χ3v) is 4.99. The van der Waals surface area contributed by atoms with Gasteiger partial charge in [-0.2, -0.15) is 12.2 Å². The molecule has 1 heterocycles. The first-order valence-corrected chi connectivity index (χ1v) is 8.76. The molecule has 20 heavy (non-hydrogen) atoms. The molecule has 2 aliphatic carbocycles. The predicted octanol–water partition coefficient (Wildman–Crippen LogP) is -1.82. The van der Waals surface area contributed by atoms with E-state index in [9.17, 15) is 0 Å². The van der Waals surface area contributed by atoms with E-state index in [1.54, 1.807) is 24.9 Å². The first-order valence-electron chi connectivity index (χ1n) is 6.76. The molecule has 0 N–H and O–H groups in total. The van der Waals surface area contributed by atoms with Crippen LogP contribution in [0.2, 0.25) is 12.1 Å². The second-order valence-electron chi connectivity index (χ2n) is 4.77. The van der Waals surface area contributed by atoms with Crippen LogP contribution in [-0.2, 0) is 26.2 Å². The Morgan fingerprint density at radius 1 is 0.850 bits per heavy atom. The molecule has 0 spiro atoms. The van der Waals surface area contributed by atoms with Gasteiger partial charge in [-0.15, -0.1) is 26.7 Å². The van der Waals surface area contributed by atoms with Crippen molar-refractivity contribution in [2.24, 2.45) is 0 Å². The van der Waals surface area contributed by atoms with Crippen molar-refractivity contribution >= 4 is 9.52 Å². The molecule has 0 aromatic carbocycles. The summed E-state index contributed by atoms with van der Waals surface area (Å²) in [6.45, 7) is 4.17. The summed E-state index contributed by atoms with van der Waals surface area (Å²) in [7, 11) is 0.543. The Balaban J connectivity index is -0.000000202. The van der Waals surface area contributed by atoms with Gasteiger partial charge in [0.15, 0.2) is 0 Å². The molecule has 1 fully saturated rings. The summed E-state index contributed by atoms with van der Waals surface area (Å²) in [6, 6.07) is 3.28. The molecular formula is C16H24Cl2SiZr. The van der Waals surface area contributed by atoms with Crippen molar-refractivity contribution in [3.8, 4) is 0 Å². The summed E-state index contributed by atoms with van der Waals surface area (Å²) in [6.07, 6.45) is 19.6. The van der Waals surface area contributed by atoms with Crippen molar-refractivity contribution in [3.63, 3.8) is 0 Å². The fraction of sp³-hybridized carbons (Fsp3) is 0.500. The van der Waals surface area contributed by atoms with E-state index in [0.29, 0.717) is 9.52 Å². The number of halogens is 2. The molecule has 3 aliphatic rings. The molecule has 0 nitrogen and oxygen atoms in total. The normalized spacial score (nSPS) is 17.1. The molecule has 0 bridgehead atoms. The SMILES string of the molecule is C1CC[SiH2]C1.CC1=CC[C-]=C1.CC1=CC[C-]=C1.[Cl-].[Cl-].[Zr+4]. The minimum Gasteiger partial charge on any atom is -1.00 e. The van der Waals surface area contributed by atoms with Crippen molar-refractivity contribution in [1.82, 2.24) is 0 Å². The van der Waals surface area contributed by atoms with E-state index >= 15 is 0 Å². The van der Waals surface area contributed by atoms with E-state index in [-0.39, 0.29) is 51.0 Å².